The van der Waals surface area contributed by atoms with Crippen LogP contribution in [0, 0.1) is 0 Å². The van der Waals surface area contributed by atoms with Gasteiger partial charge in [-0.3, -0.25) is 0 Å². The average molecular weight is 557 g/mol. The number of allylic oxidation sites excluding steroid dienone is 8. The van der Waals surface area contributed by atoms with E-state index in [-0.39, 0.29) is 10.8 Å². The predicted octanol–water partition coefficient (Wildman–Crippen LogP) is 10.6. The van der Waals surface area contributed by atoms with Gasteiger partial charge in [0.25, 0.3) is 0 Å². The third-order valence-corrected chi connectivity index (χ3v) is 9.13. The summed E-state index contributed by atoms with van der Waals surface area (Å²) in [5.74, 6) is 0. The molecule has 0 saturated carbocycles. The molecule has 1 aliphatic heterocycles. The predicted molar refractivity (Wildman–Crippen MR) is 183 cm³/mol. The Kier molecular flexibility index (Phi) is 8.92. The first-order valence-electron chi connectivity index (χ1n) is 15.8. The minimum Gasteiger partial charge on any atom is -0.385 e. The second kappa shape index (κ2) is 12.6. The second-order valence-corrected chi connectivity index (χ2v) is 12.8. The van der Waals surface area contributed by atoms with Crippen molar-refractivity contribution in [2.75, 3.05) is 23.3 Å². The zero-order valence-electron chi connectivity index (χ0n) is 26.5. The van der Waals surface area contributed by atoms with Gasteiger partial charge in [0.1, 0.15) is 0 Å². The Balaban J connectivity index is 1.51. The van der Waals surface area contributed by atoms with Crippen LogP contribution < -0.4 is 10.2 Å². The monoisotopic (exact) mass is 556 g/mol. The summed E-state index contributed by atoms with van der Waals surface area (Å²) in [6.07, 6.45) is 14.1. The highest BCUT2D eigenvalue weighted by Gasteiger charge is 2.38. The molecule has 0 saturated heterocycles. The van der Waals surface area contributed by atoms with Gasteiger partial charge in [-0.25, -0.2) is 0 Å². The maximum atomic E-state index is 3.56. The lowest BCUT2D eigenvalue weighted by atomic mass is 9.79. The van der Waals surface area contributed by atoms with Crippen molar-refractivity contribution in [3.8, 4) is 0 Å². The molecule has 2 nitrogen and oxygen atoms in total. The summed E-state index contributed by atoms with van der Waals surface area (Å²) < 4.78 is 0. The first-order chi connectivity index (χ1) is 20.3. The Morgan fingerprint density at radius 3 is 2.33 bits per heavy atom. The Morgan fingerprint density at radius 2 is 1.57 bits per heavy atom. The number of nitrogens with zero attached hydrogens (tertiary/aromatic N) is 1. The number of likely N-dealkylation sites (N-methyl/N-ethyl adjacent to an activating group) is 1. The van der Waals surface area contributed by atoms with Gasteiger partial charge in [0.2, 0.25) is 0 Å². The molecule has 42 heavy (non-hydrogen) atoms. The minimum absolute atomic E-state index is 0.0216. The fraction of sp³-hybridized carbons (Fsp3) is 0.350. The summed E-state index contributed by atoms with van der Waals surface area (Å²) in [4.78, 5) is 2.50. The maximum Gasteiger partial charge on any atom is 0.0450 e. The standard InChI is InChI=1S/C40H48N2/c1-7-41-35-25-14-12-23-33(35)39(3,4)29-17-22-31-20-16-21-32(38(31)30-18-10-9-11-19-30)27-28-37-40(5,6)34-24-13-15-26-36(34)42(37)8-2/h9-15,17-19,22-28,41H,7-8,16,20-21,29H2,1-6H3/b22-17+,32-27+,37-28+. The van der Waals surface area contributed by atoms with Crippen molar-refractivity contribution in [3.05, 3.63) is 137 Å². The molecule has 5 rings (SSSR count). The van der Waals surface area contributed by atoms with Crippen LogP contribution in [0.15, 0.2) is 120 Å². The number of anilines is 2. The van der Waals surface area contributed by atoms with Crippen LogP contribution >= 0.6 is 0 Å². The van der Waals surface area contributed by atoms with Gasteiger partial charge in [-0.1, -0.05) is 113 Å². The number of para-hydroxylation sites is 2. The maximum absolute atomic E-state index is 3.56. The molecule has 3 aromatic carbocycles. The highest BCUT2D eigenvalue weighted by Crippen LogP contribution is 2.48. The van der Waals surface area contributed by atoms with E-state index >= 15 is 0 Å². The van der Waals surface area contributed by atoms with Crippen LogP contribution in [0.25, 0.3) is 5.57 Å². The van der Waals surface area contributed by atoms with Crippen molar-refractivity contribution < 1.29 is 0 Å². The van der Waals surface area contributed by atoms with E-state index in [1.165, 1.54) is 56.9 Å². The molecule has 0 unspecified atom stereocenters. The molecule has 218 valence electrons. The summed E-state index contributed by atoms with van der Waals surface area (Å²) >= 11 is 0. The lowest BCUT2D eigenvalue weighted by molar-refractivity contribution is 0.535. The fourth-order valence-corrected chi connectivity index (χ4v) is 6.92. The number of fused-ring (bicyclic) bond motifs is 1. The molecule has 1 aliphatic carbocycles. The number of hydrogen-bond donors (Lipinski definition) is 1. The van der Waals surface area contributed by atoms with Crippen LogP contribution in [-0.4, -0.2) is 13.1 Å². The molecule has 1 heterocycles. The number of benzene rings is 3. The summed E-state index contributed by atoms with van der Waals surface area (Å²) in [6.45, 7) is 15.8. The van der Waals surface area contributed by atoms with Crippen LogP contribution in [0.4, 0.5) is 11.4 Å². The molecule has 0 bridgehead atoms. The van der Waals surface area contributed by atoms with E-state index in [1.54, 1.807) is 0 Å². The van der Waals surface area contributed by atoms with Crippen molar-refractivity contribution >= 4 is 16.9 Å². The Labute approximate surface area is 254 Å². The van der Waals surface area contributed by atoms with Gasteiger partial charge in [-0.15, -0.1) is 0 Å². The zero-order valence-corrected chi connectivity index (χ0v) is 26.5. The molecule has 0 radical (unpaired) electrons. The van der Waals surface area contributed by atoms with Crippen LogP contribution in [-0.2, 0) is 10.8 Å². The third kappa shape index (κ3) is 5.91. The van der Waals surface area contributed by atoms with Crippen molar-refractivity contribution in [1.82, 2.24) is 0 Å². The van der Waals surface area contributed by atoms with Gasteiger partial charge in [-0.2, -0.15) is 0 Å². The molecule has 0 amide bonds. The van der Waals surface area contributed by atoms with E-state index < -0.39 is 0 Å². The summed E-state index contributed by atoms with van der Waals surface area (Å²) in [7, 11) is 0. The molecule has 0 aromatic heterocycles. The number of hydrogen-bond acceptors (Lipinski definition) is 2. The smallest absolute Gasteiger partial charge is 0.0450 e. The van der Waals surface area contributed by atoms with E-state index in [1.807, 2.05) is 0 Å². The molecular formula is C40H48N2. The lowest BCUT2D eigenvalue weighted by Crippen LogP contribution is -2.25. The summed E-state index contributed by atoms with van der Waals surface area (Å²) in [5, 5.41) is 3.56. The van der Waals surface area contributed by atoms with Crippen LogP contribution in [0.1, 0.15) is 83.9 Å². The highest BCUT2D eigenvalue weighted by atomic mass is 15.2. The van der Waals surface area contributed by atoms with Crippen molar-refractivity contribution in [2.24, 2.45) is 0 Å². The van der Waals surface area contributed by atoms with Crippen LogP contribution in [0.3, 0.4) is 0 Å². The SMILES string of the molecule is CCNc1ccccc1C(C)(C)C/C=C/C1=C(c2ccccc2)C(=C/C=C2/N(CC)c3ccccc3C2(C)C)/CCC1. The topological polar surface area (TPSA) is 15.3 Å². The van der Waals surface area contributed by atoms with Crippen LogP contribution in [0.5, 0.6) is 0 Å². The molecule has 2 aliphatic rings. The van der Waals surface area contributed by atoms with Gasteiger partial charge >= 0.3 is 0 Å². The second-order valence-electron chi connectivity index (χ2n) is 12.8. The molecule has 3 aromatic rings. The lowest BCUT2D eigenvalue weighted by Gasteiger charge is -2.27. The fourth-order valence-electron chi connectivity index (χ4n) is 6.92. The van der Waals surface area contributed by atoms with E-state index in [4.69, 9.17) is 0 Å². The van der Waals surface area contributed by atoms with E-state index in [2.05, 4.69) is 155 Å². The molecule has 2 heteroatoms. The number of nitrogens with one attached hydrogen (secondary N) is 1. The Hall–Kier alpha value is -3.78. The van der Waals surface area contributed by atoms with Crippen LogP contribution in [0.2, 0.25) is 0 Å². The quantitative estimate of drug-likeness (QED) is 0.282. The molecule has 1 N–H and O–H groups in total. The molecule has 0 atom stereocenters. The van der Waals surface area contributed by atoms with Gasteiger partial charge in [-0.05, 0) is 96.6 Å². The van der Waals surface area contributed by atoms with Crippen molar-refractivity contribution in [3.63, 3.8) is 0 Å². The molecule has 0 fully saturated rings. The van der Waals surface area contributed by atoms with E-state index in [0.717, 1.165) is 32.4 Å². The summed E-state index contributed by atoms with van der Waals surface area (Å²) in [5.41, 5.74) is 12.4. The molecule has 0 spiro atoms. The van der Waals surface area contributed by atoms with Crippen molar-refractivity contribution in [1.29, 1.82) is 0 Å². The molecular weight excluding hydrogens is 508 g/mol. The third-order valence-electron chi connectivity index (χ3n) is 9.13. The summed E-state index contributed by atoms with van der Waals surface area (Å²) in [6, 6.07) is 28.7. The van der Waals surface area contributed by atoms with Gasteiger partial charge in [0.05, 0.1) is 0 Å². The van der Waals surface area contributed by atoms with Gasteiger partial charge < -0.3 is 10.2 Å². The van der Waals surface area contributed by atoms with Gasteiger partial charge in [0.15, 0.2) is 0 Å². The van der Waals surface area contributed by atoms with E-state index in [0.29, 0.717) is 0 Å². The first kappa shape index (κ1) is 29.7. The Bertz CT molecular complexity index is 1510. The zero-order chi connectivity index (χ0) is 29.7. The number of rotatable bonds is 9. The first-order valence-corrected chi connectivity index (χ1v) is 15.8. The van der Waals surface area contributed by atoms with Gasteiger partial charge in [0, 0.05) is 35.6 Å². The largest absolute Gasteiger partial charge is 0.385 e. The Morgan fingerprint density at radius 1 is 0.857 bits per heavy atom. The minimum atomic E-state index is -0.0216. The normalized spacial score (nSPS) is 18.8. The average Bonchev–Trinajstić information content (AvgIpc) is 3.22. The van der Waals surface area contributed by atoms with Crippen molar-refractivity contribution in [2.45, 2.75) is 78.1 Å². The highest BCUT2D eigenvalue weighted by molar-refractivity contribution is 5.84. The van der Waals surface area contributed by atoms with E-state index in [9.17, 15) is 0 Å².